The summed E-state index contributed by atoms with van der Waals surface area (Å²) in [6.45, 7) is 5.81. The topological polar surface area (TPSA) is 101 Å². The van der Waals surface area contributed by atoms with Crippen LogP contribution < -0.4 is 15.8 Å². The molecule has 0 radical (unpaired) electrons. The largest absolute Gasteiger partial charge is 0.340 e. The van der Waals surface area contributed by atoms with E-state index in [1.54, 1.807) is 5.01 Å². The van der Waals surface area contributed by atoms with Crippen LogP contribution in [0.4, 0.5) is 10.8 Å². The minimum Gasteiger partial charge on any atom is -0.340 e. The Morgan fingerprint density at radius 3 is 2.57 bits per heavy atom. The quantitative estimate of drug-likeness (QED) is 0.625. The molecule has 3 aliphatic heterocycles. The van der Waals surface area contributed by atoms with E-state index < -0.39 is 0 Å². The van der Waals surface area contributed by atoms with Crippen LogP contribution >= 0.6 is 11.3 Å². The van der Waals surface area contributed by atoms with Crippen LogP contribution in [0.25, 0.3) is 0 Å². The number of carbonyl (C=O) groups excluding carboxylic acids is 3. The van der Waals surface area contributed by atoms with Gasteiger partial charge in [-0.1, -0.05) is 18.2 Å². The highest BCUT2D eigenvalue weighted by molar-refractivity contribution is 7.13. The third-order valence-corrected chi connectivity index (χ3v) is 7.82. The highest BCUT2D eigenvalue weighted by Gasteiger charge is 2.51. The van der Waals surface area contributed by atoms with Crippen molar-refractivity contribution in [3.63, 3.8) is 0 Å². The first-order valence-corrected chi connectivity index (χ1v) is 12.8. The number of hydrazine groups is 1. The van der Waals surface area contributed by atoms with Gasteiger partial charge in [0.25, 0.3) is 0 Å². The number of hydrogen-bond acceptors (Lipinski definition) is 8. The van der Waals surface area contributed by atoms with E-state index in [2.05, 4.69) is 25.5 Å². The Balaban J connectivity index is 1.18. The Kier molecular flexibility index (Phi) is 6.83. The number of nitrogens with zero attached hydrogens (tertiary/aromatic N) is 5. The molecule has 186 valence electrons. The molecule has 11 heteroatoms. The van der Waals surface area contributed by atoms with E-state index in [1.165, 1.54) is 11.3 Å². The van der Waals surface area contributed by atoms with Crippen molar-refractivity contribution < 1.29 is 14.4 Å². The van der Waals surface area contributed by atoms with E-state index in [4.69, 9.17) is 0 Å². The van der Waals surface area contributed by atoms with E-state index in [-0.39, 0.29) is 42.1 Å². The number of thiazole rings is 1. The maximum Gasteiger partial charge on any atom is 0.247 e. The normalized spacial score (nSPS) is 25.5. The number of rotatable bonds is 5. The average molecular weight is 498 g/mol. The van der Waals surface area contributed by atoms with Crippen LogP contribution in [0.15, 0.2) is 35.7 Å². The van der Waals surface area contributed by atoms with Crippen LogP contribution in [0.2, 0.25) is 0 Å². The number of fused-ring (bicyclic) bond motifs is 1. The van der Waals surface area contributed by atoms with Crippen LogP contribution in [0, 0.1) is 18.8 Å². The summed E-state index contributed by atoms with van der Waals surface area (Å²) in [4.78, 5) is 49.4. The van der Waals surface area contributed by atoms with E-state index >= 15 is 0 Å². The Morgan fingerprint density at radius 1 is 1.14 bits per heavy atom. The minimum atomic E-state index is -0.306. The van der Waals surface area contributed by atoms with Gasteiger partial charge in [-0.3, -0.25) is 19.3 Å². The molecule has 3 amide bonds. The van der Waals surface area contributed by atoms with Crippen LogP contribution in [0.5, 0.6) is 0 Å². The number of amides is 3. The zero-order chi connectivity index (χ0) is 24.5. The standard InChI is InChI=1S/C24H31N7O3S/c1-16-15-35-24(25-16)26-20(32)14-29-8-10-30(11-9-29)22(33)18-12-28(2)13-19-21(18)27-31(23(19)34)17-6-4-3-5-7-17/h3-7,15,18-19,21,27H,8-14H2,1-2H3,(H,25,26,32). The van der Waals surface area contributed by atoms with Gasteiger partial charge in [0, 0.05) is 44.6 Å². The molecule has 2 aromatic rings. The molecular formula is C24H31N7O3S. The van der Waals surface area contributed by atoms with Gasteiger partial charge in [-0.25, -0.2) is 15.4 Å². The van der Waals surface area contributed by atoms with Gasteiger partial charge >= 0.3 is 0 Å². The highest BCUT2D eigenvalue weighted by Crippen LogP contribution is 2.32. The molecule has 2 N–H and O–H groups in total. The Labute approximate surface area is 208 Å². The lowest BCUT2D eigenvalue weighted by Gasteiger charge is -2.41. The molecule has 0 aliphatic carbocycles. The summed E-state index contributed by atoms with van der Waals surface area (Å²) in [5.74, 6) is -0.576. The second kappa shape index (κ2) is 10.0. The number of aromatic nitrogens is 1. The molecule has 3 saturated heterocycles. The van der Waals surface area contributed by atoms with Crippen molar-refractivity contribution in [2.24, 2.45) is 11.8 Å². The van der Waals surface area contributed by atoms with E-state index in [9.17, 15) is 14.4 Å². The molecule has 4 heterocycles. The van der Waals surface area contributed by atoms with E-state index in [0.717, 1.165) is 11.4 Å². The van der Waals surface area contributed by atoms with Crippen LogP contribution in [-0.2, 0) is 14.4 Å². The maximum absolute atomic E-state index is 13.6. The Morgan fingerprint density at radius 2 is 1.89 bits per heavy atom. The third kappa shape index (κ3) is 5.08. The predicted molar refractivity (Wildman–Crippen MR) is 134 cm³/mol. The first kappa shape index (κ1) is 23.9. The lowest BCUT2D eigenvalue weighted by molar-refractivity contribution is -0.141. The van der Waals surface area contributed by atoms with E-state index in [1.807, 2.05) is 54.6 Å². The molecule has 1 aromatic heterocycles. The second-order valence-electron chi connectivity index (χ2n) is 9.54. The van der Waals surface area contributed by atoms with Gasteiger partial charge in [0.15, 0.2) is 5.13 Å². The fourth-order valence-corrected chi connectivity index (χ4v) is 5.89. The summed E-state index contributed by atoms with van der Waals surface area (Å²) >= 11 is 1.41. The molecule has 3 aliphatic rings. The fourth-order valence-electron chi connectivity index (χ4n) is 5.19. The van der Waals surface area contributed by atoms with Crippen molar-refractivity contribution in [2.75, 3.05) is 63.2 Å². The van der Waals surface area contributed by atoms with Crippen molar-refractivity contribution in [1.82, 2.24) is 25.1 Å². The van der Waals surface area contributed by atoms with Crippen LogP contribution in [-0.4, -0.2) is 96.3 Å². The van der Waals surface area contributed by atoms with Gasteiger partial charge in [0.1, 0.15) is 0 Å². The number of aryl methyl sites for hydroxylation is 1. The van der Waals surface area contributed by atoms with Crippen molar-refractivity contribution in [3.05, 3.63) is 41.4 Å². The summed E-state index contributed by atoms with van der Waals surface area (Å²) in [5, 5.41) is 6.96. The number of carbonyl (C=O) groups is 3. The summed E-state index contributed by atoms with van der Waals surface area (Å²) in [7, 11) is 1.97. The number of piperidine rings is 1. The number of likely N-dealkylation sites (tertiary alicyclic amines) is 1. The predicted octanol–water partition coefficient (Wildman–Crippen LogP) is 0.632. The molecule has 3 fully saturated rings. The number of nitrogens with one attached hydrogen (secondary N) is 2. The number of benzene rings is 1. The van der Waals surface area contributed by atoms with E-state index in [0.29, 0.717) is 44.4 Å². The summed E-state index contributed by atoms with van der Waals surface area (Å²) in [6, 6.07) is 9.29. The SMILES string of the molecule is Cc1csc(NC(=O)CN2CCN(C(=O)C3CN(C)CC4C(=O)N(c5ccccc5)NC34)CC2)n1. The molecule has 1 aromatic carbocycles. The van der Waals surface area contributed by atoms with Crippen molar-refractivity contribution in [1.29, 1.82) is 0 Å². The van der Waals surface area contributed by atoms with Gasteiger partial charge < -0.3 is 15.1 Å². The highest BCUT2D eigenvalue weighted by atomic mass is 32.1. The summed E-state index contributed by atoms with van der Waals surface area (Å²) < 4.78 is 0. The molecule has 0 spiro atoms. The molecule has 3 atom stereocenters. The molecule has 5 rings (SSSR count). The number of para-hydroxylation sites is 1. The van der Waals surface area contributed by atoms with Gasteiger partial charge in [0.05, 0.1) is 35.8 Å². The van der Waals surface area contributed by atoms with Crippen LogP contribution in [0.1, 0.15) is 5.69 Å². The molecule has 0 saturated carbocycles. The van der Waals surface area contributed by atoms with Gasteiger partial charge in [0.2, 0.25) is 17.7 Å². The molecular weight excluding hydrogens is 466 g/mol. The monoisotopic (exact) mass is 497 g/mol. The van der Waals surface area contributed by atoms with Gasteiger partial charge in [-0.05, 0) is 26.1 Å². The molecule has 0 bridgehead atoms. The molecule has 10 nitrogen and oxygen atoms in total. The van der Waals surface area contributed by atoms with Crippen molar-refractivity contribution in [2.45, 2.75) is 13.0 Å². The van der Waals surface area contributed by atoms with Crippen LogP contribution in [0.3, 0.4) is 0 Å². The number of piperazine rings is 1. The minimum absolute atomic E-state index is 0.0109. The average Bonchev–Trinajstić information content (AvgIpc) is 3.41. The van der Waals surface area contributed by atoms with Gasteiger partial charge in [-0.15, -0.1) is 11.3 Å². The van der Waals surface area contributed by atoms with Gasteiger partial charge in [-0.2, -0.15) is 0 Å². The van der Waals surface area contributed by atoms with Crippen molar-refractivity contribution >= 4 is 39.9 Å². The summed E-state index contributed by atoms with van der Waals surface area (Å²) in [6.07, 6.45) is 0. The second-order valence-corrected chi connectivity index (χ2v) is 10.4. The zero-order valence-corrected chi connectivity index (χ0v) is 20.8. The first-order valence-electron chi connectivity index (χ1n) is 12.0. The van der Waals surface area contributed by atoms with Crippen molar-refractivity contribution in [3.8, 4) is 0 Å². The maximum atomic E-state index is 13.6. The first-order chi connectivity index (χ1) is 16.9. The number of anilines is 2. The Bertz CT molecular complexity index is 1090. The number of hydrogen-bond donors (Lipinski definition) is 2. The third-order valence-electron chi connectivity index (χ3n) is 6.95. The zero-order valence-electron chi connectivity index (χ0n) is 20.0. The smallest absolute Gasteiger partial charge is 0.247 e. The molecule has 3 unspecified atom stereocenters. The summed E-state index contributed by atoms with van der Waals surface area (Å²) in [5.41, 5.74) is 5.03. The fraction of sp³-hybridized carbons (Fsp3) is 0.500. The lowest BCUT2D eigenvalue weighted by atomic mass is 9.84. The molecule has 35 heavy (non-hydrogen) atoms. The lowest BCUT2D eigenvalue weighted by Crippen LogP contribution is -2.59. The Hall–Kier alpha value is -2.86.